The Hall–Kier alpha value is -0.580. The highest BCUT2D eigenvalue weighted by Crippen LogP contribution is 2.32. The molecule has 78 valence electrons. The first-order valence-electron chi connectivity index (χ1n) is 4.65. The first-order chi connectivity index (χ1) is 6.72. The molecular weight excluding hydrogens is 204 g/mol. The summed E-state index contributed by atoms with van der Waals surface area (Å²) < 4.78 is 7.41. The molecule has 1 aromatic heterocycles. The van der Waals surface area contributed by atoms with Gasteiger partial charge in [-0.2, -0.15) is 0 Å². The Kier molecular flexibility index (Phi) is 2.76. The Morgan fingerprint density at radius 3 is 3.00 bits per heavy atom. The summed E-state index contributed by atoms with van der Waals surface area (Å²) in [6.07, 6.45) is 3.32. The summed E-state index contributed by atoms with van der Waals surface area (Å²) >= 11 is 5.87. The van der Waals surface area contributed by atoms with Gasteiger partial charge in [-0.25, -0.2) is 4.98 Å². The largest absolute Gasteiger partial charge is 0.394 e. The molecule has 1 saturated heterocycles. The number of rotatable bonds is 2. The summed E-state index contributed by atoms with van der Waals surface area (Å²) in [5, 5.41) is 9.53. The molecule has 2 heterocycles. The van der Waals surface area contributed by atoms with Gasteiger partial charge in [0.2, 0.25) is 0 Å². The lowest BCUT2D eigenvalue weighted by Crippen LogP contribution is -2.12. The van der Waals surface area contributed by atoms with Crippen LogP contribution in [0.1, 0.15) is 24.8 Å². The lowest BCUT2D eigenvalue weighted by molar-refractivity contribution is 0.00629. The van der Waals surface area contributed by atoms with Crippen molar-refractivity contribution < 1.29 is 9.84 Å². The van der Waals surface area contributed by atoms with Crippen molar-refractivity contribution in [3.63, 3.8) is 0 Å². The van der Waals surface area contributed by atoms with Crippen LogP contribution in [0.25, 0.3) is 0 Å². The van der Waals surface area contributed by atoms with E-state index in [0.717, 1.165) is 18.7 Å². The third-order valence-electron chi connectivity index (χ3n) is 2.57. The van der Waals surface area contributed by atoms with Crippen molar-refractivity contribution >= 4 is 11.6 Å². The van der Waals surface area contributed by atoms with Gasteiger partial charge in [-0.1, -0.05) is 11.6 Å². The Labute approximate surface area is 87.5 Å². The number of aliphatic hydroxyl groups excluding tert-OH is 1. The van der Waals surface area contributed by atoms with Crippen LogP contribution >= 0.6 is 11.6 Å². The molecule has 0 aliphatic carbocycles. The highest BCUT2D eigenvalue weighted by atomic mass is 35.5. The van der Waals surface area contributed by atoms with E-state index in [9.17, 15) is 0 Å². The Balaban J connectivity index is 2.13. The summed E-state index contributed by atoms with van der Waals surface area (Å²) in [5.74, 6) is 0.839. The van der Waals surface area contributed by atoms with E-state index in [0.29, 0.717) is 5.15 Å². The van der Waals surface area contributed by atoms with Crippen LogP contribution in [0, 0.1) is 0 Å². The molecular formula is C9H13ClN2O2. The van der Waals surface area contributed by atoms with Crippen molar-refractivity contribution in [1.29, 1.82) is 0 Å². The molecule has 0 aromatic carbocycles. The number of halogens is 1. The van der Waals surface area contributed by atoms with Crippen LogP contribution in [-0.2, 0) is 11.8 Å². The van der Waals surface area contributed by atoms with Gasteiger partial charge in [-0.3, -0.25) is 0 Å². The summed E-state index contributed by atoms with van der Waals surface area (Å²) in [6.45, 7) is 0.0780. The Morgan fingerprint density at radius 2 is 2.50 bits per heavy atom. The minimum absolute atomic E-state index is 0.0235. The molecule has 0 radical (unpaired) electrons. The van der Waals surface area contributed by atoms with E-state index in [1.54, 1.807) is 6.20 Å². The number of aliphatic hydroxyl groups is 1. The Morgan fingerprint density at radius 1 is 1.71 bits per heavy atom. The number of imidazole rings is 1. The predicted molar refractivity (Wildman–Crippen MR) is 52.2 cm³/mol. The molecule has 0 amide bonds. The lowest BCUT2D eigenvalue weighted by Gasteiger charge is -2.11. The van der Waals surface area contributed by atoms with Gasteiger partial charge >= 0.3 is 0 Å². The van der Waals surface area contributed by atoms with Crippen LogP contribution in [0.5, 0.6) is 0 Å². The summed E-state index contributed by atoms with van der Waals surface area (Å²) in [7, 11) is 1.86. The van der Waals surface area contributed by atoms with Gasteiger partial charge in [0.05, 0.1) is 18.9 Å². The van der Waals surface area contributed by atoms with Crippen LogP contribution in [0.15, 0.2) is 6.20 Å². The van der Waals surface area contributed by atoms with Crippen LogP contribution in [0.4, 0.5) is 0 Å². The van der Waals surface area contributed by atoms with E-state index in [4.69, 9.17) is 21.4 Å². The maximum Gasteiger partial charge on any atom is 0.138 e. The monoisotopic (exact) mass is 216 g/mol. The minimum atomic E-state index is -0.0459. The van der Waals surface area contributed by atoms with Gasteiger partial charge in [0, 0.05) is 7.05 Å². The second-order valence-corrected chi connectivity index (χ2v) is 3.89. The number of nitrogens with zero attached hydrogens (tertiary/aromatic N) is 2. The van der Waals surface area contributed by atoms with Gasteiger partial charge in [0.15, 0.2) is 0 Å². The lowest BCUT2D eigenvalue weighted by atomic mass is 10.2. The molecule has 2 atom stereocenters. The molecule has 0 saturated carbocycles. The smallest absolute Gasteiger partial charge is 0.138 e. The van der Waals surface area contributed by atoms with Crippen LogP contribution in [0.2, 0.25) is 5.15 Å². The van der Waals surface area contributed by atoms with Gasteiger partial charge in [0.1, 0.15) is 17.1 Å². The summed E-state index contributed by atoms with van der Waals surface area (Å²) in [4.78, 5) is 4.19. The van der Waals surface area contributed by atoms with Crippen molar-refractivity contribution in [3.05, 3.63) is 17.2 Å². The van der Waals surface area contributed by atoms with Crippen molar-refractivity contribution in [2.45, 2.75) is 25.0 Å². The van der Waals surface area contributed by atoms with E-state index in [1.807, 2.05) is 11.6 Å². The number of hydrogen-bond donors (Lipinski definition) is 1. The molecule has 1 fully saturated rings. The zero-order chi connectivity index (χ0) is 10.1. The van der Waals surface area contributed by atoms with Crippen LogP contribution in [-0.4, -0.2) is 27.4 Å². The molecule has 1 aliphatic rings. The molecule has 1 N–H and O–H groups in total. The number of hydrogen-bond acceptors (Lipinski definition) is 3. The fourth-order valence-electron chi connectivity index (χ4n) is 1.73. The molecule has 1 aliphatic heterocycles. The quantitative estimate of drug-likeness (QED) is 0.811. The molecule has 5 heteroatoms. The fraction of sp³-hybridized carbons (Fsp3) is 0.667. The second-order valence-electron chi connectivity index (χ2n) is 3.50. The zero-order valence-corrected chi connectivity index (χ0v) is 8.74. The standard InChI is InChI=1S/C9H13ClN2O2/c1-12-8(10)4-11-9(12)7-3-2-6(5-13)14-7/h4,6-7,13H,2-3,5H2,1H3. The van der Waals surface area contributed by atoms with Gasteiger partial charge in [-0.15, -0.1) is 0 Å². The maximum absolute atomic E-state index is 8.93. The molecule has 4 nitrogen and oxygen atoms in total. The third-order valence-corrected chi connectivity index (χ3v) is 2.92. The highest BCUT2D eigenvalue weighted by molar-refractivity contribution is 6.29. The van der Waals surface area contributed by atoms with Gasteiger partial charge in [-0.05, 0) is 12.8 Å². The van der Waals surface area contributed by atoms with Gasteiger partial charge < -0.3 is 14.4 Å². The van der Waals surface area contributed by atoms with Gasteiger partial charge in [0.25, 0.3) is 0 Å². The number of ether oxygens (including phenoxy) is 1. The summed E-state index contributed by atoms with van der Waals surface area (Å²) in [6, 6.07) is 0. The first-order valence-corrected chi connectivity index (χ1v) is 5.03. The minimum Gasteiger partial charge on any atom is -0.394 e. The van der Waals surface area contributed by atoms with Crippen molar-refractivity contribution in [2.24, 2.45) is 7.05 Å². The average molecular weight is 217 g/mol. The molecule has 1 aromatic rings. The predicted octanol–water partition coefficient (Wildman–Crippen LogP) is 1.29. The van der Waals surface area contributed by atoms with E-state index < -0.39 is 0 Å². The molecule has 2 rings (SSSR count). The summed E-state index contributed by atoms with van der Waals surface area (Å²) in [5.41, 5.74) is 0. The molecule has 0 bridgehead atoms. The Bertz CT molecular complexity index is 327. The maximum atomic E-state index is 8.93. The van der Waals surface area contributed by atoms with Crippen molar-refractivity contribution in [1.82, 2.24) is 9.55 Å². The molecule has 2 unspecified atom stereocenters. The first kappa shape index (κ1) is 9.96. The third kappa shape index (κ3) is 1.65. The topological polar surface area (TPSA) is 47.3 Å². The van der Waals surface area contributed by atoms with E-state index >= 15 is 0 Å². The fourth-order valence-corrected chi connectivity index (χ4v) is 1.87. The van der Waals surface area contributed by atoms with E-state index in [-0.39, 0.29) is 18.8 Å². The second kappa shape index (κ2) is 3.88. The van der Waals surface area contributed by atoms with Crippen molar-refractivity contribution in [3.8, 4) is 0 Å². The van der Waals surface area contributed by atoms with E-state index in [2.05, 4.69) is 4.98 Å². The normalized spacial score (nSPS) is 27.1. The van der Waals surface area contributed by atoms with Crippen molar-refractivity contribution in [2.75, 3.05) is 6.61 Å². The zero-order valence-electron chi connectivity index (χ0n) is 7.98. The van der Waals surface area contributed by atoms with Crippen LogP contribution in [0.3, 0.4) is 0 Å². The van der Waals surface area contributed by atoms with E-state index in [1.165, 1.54) is 0 Å². The highest BCUT2D eigenvalue weighted by Gasteiger charge is 2.28. The van der Waals surface area contributed by atoms with Crippen LogP contribution < -0.4 is 0 Å². The molecule has 14 heavy (non-hydrogen) atoms. The molecule has 0 spiro atoms. The average Bonchev–Trinajstić information content (AvgIpc) is 2.75. The SMILES string of the molecule is Cn1c(Cl)cnc1C1CCC(CO)O1. The number of aromatic nitrogens is 2.